The van der Waals surface area contributed by atoms with Gasteiger partial charge in [-0.15, -0.1) is 0 Å². The number of rotatable bonds is 5. The van der Waals surface area contributed by atoms with Crippen LogP contribution in [-0.2, 0) is 0 Å². The molecule has 4 aromatic rings. The Hall–Kier alpha value is -4.17. The Morgan fingerprint density at radius 2 is 1.60 bits per heavy atom. The maximum atomic E-state index is 12.5. The highest BCUT2D eigenvalue weighted by molar-refractivity contribution is 6.05. The molecule has 5 N–H and O–H groups in total. The van der Waals surface area contributed by atoms with Crippen molar-refractivity contribution in [3.8, 4) is 17.1 Å². The summed E-state index contributed by atoms with van der Waals surface area (Å²) >= 11 is 0. The van der Waals surface area contributed by atoms with E-state index in [1.165, 1.54) is 12.1 Å². The zero-order valence-electron chi connectivity index (χ0n) is 16.1. The Morgan fingerprint density at radius 3 is 2.23 bits per heavy atom. The number of nitrogens with zero attached hydrogens (tertiary/aromatic N) is 1. The average Bonchev–Trinajstić information content (AvgIpc) is 3.22. The molecular formula is C22H19N5O3. The van der Waals surface area contributed by atoms with Gasteiger partial charge >= 0.3 is 0 Å². The number of benzene rings is 3. The molecular weight excluding hydrogens is 382 g/mol. The quantitative estimate of drug-likeness (QED) is 0.233. The SMILES string of the molecule is COc1ccc(-c2nc3cc(NC(=O)c4ccc(C(=O)NN)cc4)ccc3[nH]2)cc1. The van der Waals surface area contributed by atoms with Crippen molar-refractivity contribution in [1.29, 1.82) is 0 Å². The maximum absolute atomic E-state index is 12.5. The van der Waals surface area contributed by atoms with E-state index < -0.39 is 5.91 Å². The Labute approximate surface area is 172 Å². The molecule has 30 heavy (non-hydrogen) atoms. The molecule has 4 rings (SSSR count). The molecule has 0 atom stereocenters. The lowest BCUT2D eigenvalue weighted by atomic mass is 10.1. The molecule has 0 bridgehead atoms. The molecule has 0 saturated heterocycles. The summed E-state index contributed by atoms with van der Waals surface area (Å²) in [6.45, 7) is 0. The Morgan fingerprint density at radius 1 is 0.933 bits per heavy atom. The van der Waals surface area contributed by atoms with E-state index in [2.05, 4.69) is 20.7 Å². The van der Waals surface area contributed by atoms with Crippen molar-refractivity contribution in [2.45, 2.75) is 0 Å². The van der Waals surface area contributed by atoms with Crippen molar-refractivity contribution in [2.24, 2.45) is 5.84 Å². The Kier molecular flexibility index (Phi) is 5.15. The van der Waals surface area contributed by atoms with Crippen LogP contribution in [0.4, 0.5) is 5.69 Å². The second kappa shape index (κ2) is 8.06. The molecule has 0 aliphatic carbocycles. The van der Waals surface area contributed by atoms with E-state index in [1.807, 2.05) is 30.3 Å². The highest BCUT2D eigenvalue weighted by Gasteiger charge is 2.11. The number of aromatic amines is 1. The van der Waals surface area contributed by atoms with E-state index >= 15 is 0 Å². The number of nitrogens with one attached hydrogen (secondary N) is 3. The molecule has 0 saturated carbocycles. The van der Waals surface area contributed by atoms with Gasteiger partial charge in [-0.3, -0.25) is 15.0 Å². The number of hydrogen-bond donors (Lipinski definition) is 4. The van der Waals surface area contributed by atoms with Crippen molar-refractivity contribution in [3.05, 3.63) is 77.9 Å². The van der Waals surface area contributed by atoms with Gasteiger partial charge in [0.25, 0.3) is 11.8 Å². The number of nitrogens with two attached hydrogens (primary N) is 1. The summed E-state index contributed by atoms with van der Waals surface area (Å²) in [5.41, 5.74) is 5.98. The summed E-state index contributed by atoms with van der Waals surface area (Å²) in [5, 5.41) is 2.84. The second-order valence-electron chi connectivity index (χ2n) is 6.55. The fourth-order valence-corrected chi connectivity index (χ4v) is 3.03. The predicted octanol–water partition coefficient (Wildman–Crippen LogP) is 3.09. The van der Waals surface area contributed by atoms with Gasteiger partial charge in [0.1, 0.15) is 11.6 Å². The van der Waals surface area contributed by atoms with Crippen LogP contribution in [0.1, 0.15) is 20.7 Å². The molecule has 1 heterocycles. The zero-order chi connectivity index (χ0) is 21.1. The van der Waals surface area contributed by atoms with Crippen molar-refractivity contribution in [3.63, 3.8) is 0 Å². The zero-order valence-corrected chi connectivity index (χ0v) is 16.1. The molecule has 3 aromatic carbocycles. The lowest BCUT2D eigenvalue weighted by Gasteiger charge is -2.06. The first-order chi connectivity index (χ1) is 14.6. The lowest BCUT2D eigenvalue weighted by Crippen LogP contribution is -2.29. The Balaban J connectivity index is 1.53. The first-order valence-corrected chi connectivity index (χ1v) is 9.14. The number of ether oxygens (including phenoxy) is 1. The van der Waals surface area contributed by atoms with Gasteiger partial charge in [-0.05, 0) is 66.7 Å². The number of hydrazine groups is 1. The van der Waals surface area contributed by atoms with Crippen molar-refractivity contribution < 1.29 is 14.3 Å². The molecule has 0 aliphatic rings. The number of methoxy groups -OCH3 is 1. The van der Waals surface area contributed by atoms with E-state index in [9.17, 15) is 9.59 Å². The van der Waals surface area contributed by atoms with Crippen molar-refractivity contribution >= 4 is 28.5 Å². The molecule has 8 heteroatoms. The van der Waals surface area contributed by atoms with Crippen LogP contribution in [0.15, 0.2) is 66.7 Å². The normalized spacial score (nSPS) is 10.6. The summed E-state index contributed by atoms with van der Waals surface area (Å²) in [6.07, 6.45) is 0. The van der Waals surface area contributed by atoms with Gasteiger partial charge < -0.3 is 15.0 Å². The number of amides is 2. The predicted molar refractivity (Wildman–Crippen MR) is 114 cm³/mol. The summed E-state index contributed by atoms with van der Waals surface area (Å²) < 4.78 is 5.18. The van der Waals surface area contributed by atoms with Crippen LogP contribution in [0, 0.1) is 0 Å². The minimum Gasteiger partial charge on any atom is -0.497 e. The van der Waals surface area contributed by atoms with E-state index in [4.69, 9.17) is 10.6 Å². The van der Waals surface area contributed by atoms with Gasteiger partial charge in [0.15, 0.2) is 0 Å². The van der Waals surface area contributed by atoms with Crippen LogP contribution in [0.25, 0.3) is 22.4 Å². The smallest absolute Gasteiger partial charge is 0.265 e. The average molecular weight is 401 g/mol. The standard InChI is InChI=1S/C22H19N5O3/c1-30-17-9-6-13(7-10-17)20-25-18-11-8-16(12-19(18)26-20)24-21(28)14-2-4-15(5-3-14)22(29)27-23/h2-12H,23H2,1H3,(H,24,28)(H,25,26)(H,27,29). The minimum atomic E-state index is -0.418. The number of H-pyrrole nitrogens is 1. The van der Waals surface area contributed by atoms with Gasteiger partial charge in [0.05, 0.1) is 18.1 Å². The maximum Gasteiger partial charge on any atom is 0.265 e. The van der Waals surface area contributed by atoms with Gasteiger partial charge in [0.2, 0.25) is 0 Å². The molecule has 0 spiro atoms. The van der Waals surface area contributed by atoms with Gasteiger partial charge in [-0.2, -0.15) is 0 Å². The molecule has 1 aromatic heterocycles. The first-order valence-electron chi connectivity index (χ1n) is 9.14. The second-order valence-corrected chi connectivity index (χ2v) is 6.55. The minimum absolute atomic E-state index is 0.292. The van der Waals surface area contributed by atoms with Crippen LogP contribution in [0.5, 0.6) is 5.75 Å². The van der Waals surface area contributed by atoms with Crippen LogP contribution in [0.3, 0.4) is 0 Å². The molecule has 8 nitrogen and oxygen atoms in total. The van der Waals surface area contributed by atoms with Crippen molar-refractivity contribution in [2.75, 3.05) is 12.4 Å². The Bertz CT molecular complexity index is 1210. The largest absolute Gasteiger partial charge is 0.497 e. The molecule has 0 fully saturated rings. The summed E-state index contributed by atoms with van der Waals surface area (Å²) in [4.78, 5) is 31.9. The number of fused-ring (bicyclic) bond motifs is 1. The first kappa shape index (κ1) is 19.2. The van der Waals surface area contributed by atoms with Gasteiger partial charge in [0, 0.05) is 22.4 Å². The molecule has 2 amide bonds. The number of aromatic nitrogens is 2. The van der Waals surface area contributed by atoms with Crippen LogP contribution in [0.2, 0.25) is 0 Å². The highest BCUT2D eigenvalue weighted by atomic mass is 16.5. The van der Waals surface area contributed by atoms with E-state index in [1.54, 1.807) is 31.4 Å². The van der Waals surface area contributed by atoms with E-state index in [-0.39, 0.29) is 5.91 Å². The fraction of sp³-hybridized carbons (Fsp3) is 0.0455. The third kappa shape index (κ3) is 3.85. The van der Waals surface area contributed by atoms with E-state index in [0.29, 0.717) is 16.8 Å². The van der Waals surface area contributed by atoms with Crippen LogP contribution in [-0.4, -0.2) is 28.9 Å². The number of hydrogen-bond acceptors (Lipinski definition) is 5. The van der Waals surface area contributed by atoms with Gasteiger partial charge in [-0.1, -0.05) is 0 Å². The summed E-state index contributed by atoms with van der Waals surface area (Å²) in [5.74, 6) is 5.90. The van der Waals surface area contributed by atoms with Crippen LogP contribution >= 0.6 is 0 Å². The summed E-state index contributed by atoms with van der Waals surface area (Å²) in [6, 6.07) is 19.3. The monoisotopic (exact) mass is 401 g/mol. The van der Waals surface area contributed by atoms with Crippen LogP contribution < -0.4 is 21.3 Å². The number of nitrogen functional groups attached to an aromatic ring is 1. The number of anilines is 1. The molecule has 0 radical (unpaired) electrons. The lowest BCUT2D eigenvalue weighted by molar-refractivity contribution is 0.0952. The topological polar surface area (TPSA) is 122 Å². The highest BCUT2D eigenvalue weighted by Crippen LogP contribution is 2.24. The third-order valence-electron chi connectivity index (χ3n) is 4.64. The van der Waals surface area contributed by atoms with Gasteiger partial charge in [-0.25, -0.2) is 10.8 Å². The third-order valence-corrected chi connectivity index (χ3v) is 4.64. The molecule has 0 aliphatic heterocycles. The number of carbonyl (C=O) groups excluding carboxylic acids is 2. The van der Waals surface area contributed by atoms with E-state index in [0.717, 1.165) is 28.2 Å². The molecule has 0 unspecified atom stereocenters. The fourth-order valence-electron chi connectivity index (χ4n) is 3.03. The summed E-state index contributed by atoms with van der Waals surface area (Å²) in [7, 11) is 1.62. The molecule has 150 valence electrons. The number of imidazole rings is 1. The van der Waals surface area contributed by atoms with Crippen molar-refractivity contribution in [1.82, 2.24) is 15.4 Å². The number of carbonyl (C=O) groups is 2.